The molecular formula is C18H20N2O3. The van der Waals surface area contributed by atoms with Crippen molar-refractivity contribution >= 4 is 11.6 Å². The first-order valence-corrected chi connectivity index (χ1v) is 7.50. The topological polar surface area (TPSA) is 81.9 Å². The Kier molecular flexibility index (Phi) is 6.32. The van der Waals surface area contributed by atoms with E-state index in [0.29, 0.717) is 12.1 Å². The van der Waals surface area contributed by atoms with E-state index in [1.54, 1.807) is 5.48 Å². The Balaban J connectivity index is 1.85. The molecule has 3 N–H and O–H groups in total. The van der Waals surface area contributed by atoms with Crippen LogP contribution in [0.2, 0.25) is 0 Å². The number of benzene rings is 2. The highest BCUT2D eigenvalue weighted by Gasteiger charge is 2.05. The molecule has 0 bridgehead atoms. The number of hydroxylamine groups is 1. The lowest BCUT2D eigenvalue weighted by molar-refractivity contribution is -0.128. The average Bonchev–Trinajstić information content (AvgIpc) is 2.61. The van der Waals surface area contributed by atoms with Gasteiger partial charge in [0.25, 0.3) is 0 Å². The minimum Gasteiger partial charge on any atom is -0.411 e. The quantitative estimate of drug-likeness (QED) is 0.318. The summed E-state index contributed by atoms with van der Waals surface area (Å²) in [5, 5.41) is 21.0. The third-order valence-electron chi connectivity index (χ3n) is 3.62. The van der Waals surface area contributed by atoms with Crippen LogP contribution in [0.25, 0.3) is 0 Å². The zero-order valence-electron chi connectivity index (χ0n) is 12.8. The van der Waals surface area contributed by atoms with E-state index in [2.05, 4.69) is 5.16 Å². The van der Waals surface area contributed by atoms with Crippen LogP contribution in [0.5, 0.6) is 0 Å². The third kappa shape index (κ3) is 5.23. The molecule has 5 nitrogen and oxygen atoms in total. The van der Waals surface area contributed by atoms with Gasteiger partial charge in [-0.1, -0.05) is 59.8 Å². The van der Waals surface area contributed by atoms with E-state index in [1.807, 2.05) is 54.6 Å². The summed E-state index contributed by atoms with van der Waals surface area (Å²) in [5.74, 6) is -0.426. The first-order chi connectivity index (χ1) is 11.2. The second-order valence-electron chi connectivity index (χ2n) is 5.29. The highest BCUT2D eigenvalue weighted by Crippen LogP contribution is 2.12. The van der Waals surface area contributed by atoms with Crippen molar-refractivity contribution in [2.75, 3.05) is 0 Å². The van der Waals surface area contributed by atoms with Crippen molar-refractivity contribution in [3.05, 3.63) is 71.3 Å². The second kappa shape index (κ2) is 8.70. The zero-order chi connectivity index (χ0) is 16.5. The number of amides is 1. The van der Waals surface area contributed by atoms with E-state index < -0.39 is 5.91 Å². The molecule has 0 aromatic heterocycles. The van der Waals surface area contributed by atoms with Crippen LogP contribution in [0.1, 0.15) is 29.5 Å². The molecule has 1 amide bonds. The van der Waals surface area contributed by atoms with Crippen molar-refractivity contribution < 1.29 is 15.2 Å². The summed E-state index contributed by atoms with van der Waals surface area (Å²) in [6.07, 6.45) is 2.57. The molecule has 0 aliphatic rings. The van der Waals surface area contributed by atoms with Gasteiger partial charge >= 0.3 is 0 Å². The Morgan fingerprint density at radius 3 is 2.26 bits per heavy atom. The number of carbonyl (C=O) groups is 1. The number of nitrogens with zero attached hydrogens (tertiary/aromatic N) is 1. The van der Waals surface area contributed by atoms with Crippen molar-refractivity contribution in [3.63, 3.8) is 0 Å². The first kappa shape index (κ1) is 16.7. The van der Waals surface area contributed by atoms with Crippen molar-refractivity contribution in [1.82, 2.24) is 5.48 Å². The maximum absolute atomic E-state index is 11.1. The molecule has 0 saturated heterocycles. The fourth-order valence-corrected chi connectivity index (χ4v) is 2.39. The molecule has 0 radical (unpaired) electrons. The standard InChI is InChI=1S/C18H20N2O3/c21-18(20-23)13-15-11-9-14(10-12-15)5-4-8-17(19-22)16-6-2-1-3-7-16/h1-3,6-7,9-12,22-23H,4-5,8,13H2,(H,20,21). The summed E-state index contributed by atoms with van der Waals surface area (Å²) in [6.45, 7) is 0. The van der Waals surface area contributed by atoms with Gasteiger partial charge in [0.05, 0.1) is 12.1 Å². The fraction of sp³-hybridized carbons (Fsp3) is 0.222. The van der Waals surface area contributed by atoms with Gasteiger partial charge in [-0.25, -0.2) is 5.48 Å². The van der Waals surface area contributed by atoms with E-state index in [4.69, 9.17) is 10.4 Å². The predicted molar refractivity (Wildman–Crippen MR) is 87.8 cm³/mol. The van der Waals surface area contributed by atoms with Crippen LogP contribution in [0.3, 0.4) is 0 Å². The first-order valence-electron chi connectivity index (χ1n) is 7.50. The second-order valence-corrected chi connectivity index (χ2v) is 5.29. The van der Waals surface area contributed by atoms with Gasteiger partial charge in [-0.05, 0) is 36.0 Å². The molecule has 120 valence electrons. The number of hydrogen-bond acceptors (Lipinski definition) is 4. The molecule has 0 saturated carbocycles. The van der Waals surface area contributed by atoms with Crippen LogP contribution < -0.4 is 5.48 Å². The molecule has 5 heteroatoms. The molecule has 0 unspecified atom stereocenters. The van der Waals surface area contributed by atoms with Gasteiger partial charge in [0.15, 0.2) is 0 Å². The molecule has 2 aromatic rings. The number of rotatable bonds is 7. The minimum atomic E-state index is -0.426. The normalized spacial score (nSPS) is 11.3. The largest absolute Gasteiger partial charge is 0.411 e. The van der Waals surface area contributed by atoms with E-state index in [0.717, 1.165) is 29.5 Å². The van der Waals surface area contributed by atoms with E-state index in [1.165, 1.54) is 0 Å². The number of carbonyl (C=O) groups excluding carboxylic acids is 1. The highest BCUT2D eigenvalue weighted by molar-refractivity contribution is 6.00. The number of aryl methyl sites for hydroxylation is 1. The van der Waals surface area contributed by atoms with Crippen LogP contribution in [0.15, 0.2) is 59.8 Å². The Bertz CT molecular complexity index is 652. The van der Waals surface area contributed by atoms with E-state index >= 15 is 0 Å². The Hall–Kier alpha value is -2.66. The number of oxime groups is 1. The van der Waals surface area contributed by atoms with Crippen molar-refractivity contribution in [2.45, 2.75) is 25.7 Å². The molecule has 0 fully saturated rings. The molecule has 0 aliphatic heterocycles. The zero-order valence-corrected chi connectivity index (χ0v) is 12.8. The molecule has 2 rings (SSSR count). The van der Waals surface area contributed by atoms with Crippen LogP contribution in [0, 0.1) is 0 Å². The summed E-state index contributed by atoms with van der Waals surface area (Å²) >= 11 is 0. The van der Waals surface area contributed by atoms with Crippen LogP contribution in [-0.2, 0) is 17.6 Å². The van der Waals surface area contributed by atoms with Crippen LogP contribution in [-0.4, -0.2) is 22.0 Å². The smallest absolute Gasteiger partial charge is 0.247 e. The fourth-order valence-electron chi connectivity index (χ4n) is 2.39. The van der Waals surface area contributed by atoms with Gasteiger partial charge in [-0.15, -0.1) is 0 Å². The van der Waals surface area contributed by atoms with E-state index in [-0.39, 0.29) is 6.42 Å². The maximum Gasteiger partial charge on any atom is 0.247 e. The summed E-state index contributed by atoms with van der Waals surface area (Å²) < 4.78 is 0. The van der Waals surface area contributed by atoms with Gasteiger partial charge < -0.3 is 5.21 Å². The Labute approximate surface area is 135 Å². The van der Waals surface area contributed by atoms with Crippen molar-refractivity contribution in [3.8, 4) is 0 Å². The summed E-state index contributed by atoms with van der Waals surface area (Å²) in [7, 11) is 0. The molecule has 2 aromatic carbocycles. The molecule has 0 atom stereocenters. The van der Waals surface area contributed by atoms with Crippen molar-refractivity contribution in [1.29, 1.82) is 0 Å². The third-order valence-corrected chi connectivity index (χ3v) is 3.62. The van der Waals surface area contributed by atoms with Gasteiger partial charge in [0, 0.05) is 0 Å². The predicted octanol–water partition coefficient (Wildman–Crippen LogP) is 2.94. The number of nitrogens with one attached hydrogen (secondary N) is 1. The molecule has 0 spiro atoms. The monoisotopic (exact) mass is 312 g/mol. The highest BCUT2D eigenvalue weighted by atomic mass is 16.5. The summed E-state index contributed by atoms with van der Waals surface area (Å²) in [5.41, 5.74) is 5.24. The Morgan fingerprint density at radius 1 is 1.00 bits per heavy atom. The van der Waals surface area contributed by atoms with Crippen LogP contribution >= 0.6 is 0 Å². The maximum atomic E-state index is 11.1. The molecule has 23 heavy (non-hydrogen) atoms. The lowest BCUT2D eigenvalue weighted by Crippen LogP contribution is -2.20. The van der Waals surface area contributed by atoms with Gasteiger partial charge in [-0.3, -0.25) is 10.0 Å². The molecule has 0 heterocycles. The van der Waals surface area contributed by atoms with Gasteiger partial charge in [0.1, 0.15) is 0 Å². The lowest BCUT2D eigenvalue weighted by atomic mass is 10.0. The summed E-state index contributed by atoms with van der Waals surface area (Å²) in [6, 6.07) is 17.3. The molecule has 0 aliphatic carbocycles. The lowest BCUT2D eigenvalue weighted by Gasteiger charge is -2.06. The van der Waals surface area contributed by atoms with Gasteiger partial charge in [-0.2, -0.15) is 0 Å². The van der Waals surface area contributed by atoms with Crippen LogP contribution in [0.4, 0.5) is 0 Å². The van der Waals surface area contributed by atoms with Gasteiger partial charge in [0.2, 0.25) is 5.91 Å². The SMILES string of the molecule is O=C(Cc1ccc(CCCC(=NO)c2ccccc2)cc1)NO. The summed E-state index contributed by atoms with van der Waals surface area (Å²) in [4.78, 5) is 11.1. The Morgan fingerprint density at radius 2 is 1.65 bits per heavy atom. The van der Waals surface area contributed by atoms with E-state index in [9.17, 15) is 4.79 Å². The number of hydrogen-bond donors (Lipinski definition) is 3. The minimum absolute atomic E-state index is 0.159. The average molecular weight is 312 g/mol. The van der Waals surface area contributed by atoms with Crippen molar-refractivity contribution in [2.24, 2.45) is 5.16 Å². The molecular weight excluding hydrogens is 292 g/mol.